The van der Waals surface area contributed by atoms with Crippen molar-refractivity contribution in [2.75, 3.05) is 26.2 Å². The molecule has 2 aliphatic rings. The zero-order chi connectivity index (χ0) is 16.9. The third-order valence-corrected chi connectivity index (χ3v) is 4.55. The minimum Gasteiger partial charge on any atom is -0.490 e. The molecule has 1 saturated heterocycles. The van der Waals surface area contributed by atoms with Crippen LogP contribution in [0, 0.1) is 16.0 Å². The maximum atomic E-state index is 12.1. The number of amides is 1. The fourth-order valence-corrected chi connectivity index (χ4v) is 2.88. The van der Waals surface area contributed by atoms with Crippen molar-refractivity contribution in [2.24, 2.45) is 5.92 Å². The minimum absolute atomic E-state index is 0.0509. The largest absolute Gasteiger partial charge is 0.490 e. The number of piperidine rings is 1. The highest BCUT2D eigenvalue weighted by atomic mass is 16.6. The Labute approximate surface area is 141 Å². The Morgan fingerprint density at radius 3 is 2.46 bits per heavy atom. The number of nitrogens with zero attached hydrogens (tertiary/aromatic N) is 2. The molecule has 0 atom stereocenters. The van der Waals surface area contributed by atoms with Crippen molar-refractivity contribution in [3.63, 3.8) is 0 Å². The number of non-ortho nitro benzene ring substituents is 1. The molecule has 1 heterocycles. The molecule has 24 heavy (non-hydrogen) atoms. The molecule has 1 aliphatic carbocycles. The van der Waals surface area contributed by atoms with E-state index in [0.717, 1.165) is 25.3 Å². The van der Waals surface area contributed by atoms with Gasteiger partial charge in [0, 0.05) is 38.1 Å². The second kappa shape index (κ2) is 7.61. The summed E-state index contributed by atoms with van der Waals surface area (Å²) in [4.78, 5) is 24.2. The lowest BCUT2D eigenvalue weighted by atomic mass is 10.1. The Hall–Kier alpha value is -2.15. The van der Waals surface area contributed by atoms with E-state index in [1.165, 1.54) is 25.0 Å². The second-order valence-corrected chi connectivity index (χ2v) is 6.52. The molecule has 1 saturated carbocycles. The van der Waals surface area contributed by atoms with Crippen LogP contribution in [0.3, 0.4) is 0 Å². The van der Waals surface area contributed by atoms with Crippen molar-refractivity contribution < 1.29 is 14.5 Å². The molecule has 0 aromatic heterocycles. The first kappa shape index (κ1) is 16.7. The highest BCUT2D eigenvalue weighted by molar-refractivity contribution is 5.78. The quantitative estimate of drug-likeness (QED) is 0.609. The minimum atomic E-state index is -0.425. The standard InChI is InChI=1S/C17H23N3O4/c21-17(12-18-11-13-1-2-13)19-9-7-16(8-10-19)24-15-5-3-14(4-6-15)20(22)23/h3-6,13,16,18H,1-2,7-12H2. The van der Waals surface area contributed by atoms with Gasteiger partial charge in [0.1, 0.15) is 11.9 Å². The molecule has 1 aliphatic heterocycles. The Balaban J connectivity index is 1.39. The lowest BCUT2D eigenvalue weighted by Crippen LogP contribution is -2.45. The molecule has 0 spiro atoms. The fourth-order valence-electron chi connectivity index (χ4n) is 2.88. The van der Waals surface area contributed by atoms with Crippen molar-refractivity contribution in [2.45, 2.75) is 31.8 Å². The third kappa shape index (κ3) is 4.67. The van der Waals surface area contributed by atoms with Gasteiger partial charge in [-0.1, -0.05) is 0 Å². The molecule has 2 fully saturated rings. The van der Waals surface area contributed by atoms with E-state index in [9.17, 15) is 14.9 Å². The van der Waals surface area contributed by atoms with Gasteiger partial charge >= 0.3 is 0 Å². The summed E-state index contributed by atoms with van der Waals surface area (Å²) in [5.74, 6) is 1.57. The van der Waals surface area contributed by atoms with E-state index in [-0.39, 0.29) is 17.7 Å². The highest BCUT2D eigenvalue weighted by Gasteiger charge is 2.25. The summed E-state index contributed by atoms with van der Waals surface area (Å²) >= 11 is 0. The molecule has 0 bridgehead atoms. The Morgan fingerprint density at radius 1 is 1.21 bits per heavy atom. The first-order chi connectivity index (χ1) is 11.6. The van der Waals surface area contributed by atoms with Gasteiger partial charge in [-0.25, -0.2) is 0 Å². The molecule has 1 aromatic carbocycles. The zero-order valence-electron chi connectivity index (χ0n) is 13.6. The van der Waals surface area contributed by atoms with Crippen LogP contribution in [0.25, 0.3) is 0 Å². The van der Waals surface area contributed by atoms with Crippen LogP contribution >= 0.6 is 0 Å². The van der Waals surface area contributed by atoms with Gasteiger partial charge in [0.15, 0.2) is 0 Å². The zero-order valence-corrected chi connectivity index (χ0v) is 13.6. The predicted octanol–water partition coefficient (Wildman–Crippen LogP) is 1.96. The molecular formula is C17H23N3O4. The molecule has 3 rings (SSSR count). The van der Waals surface area contributed by atoms with Gasteiger partial charge in [-0.05, 0) is 37.4 Å². The smallest absolute Gasteiger partial charge is 0.269 e. The van der Waals surface area contributed by atoms with Gasteiger partial charge < -0.3 is 15.0 Å². The summed E-state index contributed by atoms with van der Waals surface area (Å²) in [6.07, 6.45) is 4.19. The number of hydrogen-bond acceptors (Lipinski definition) is 5. The molecule has 1 N–H and O–H groups in total. The van der Waals surface area contributed by atoms with Gasteiger partial charge in [-0.3, -0.25) is 14.9 Å². The normalized spacial score (nSPS) is 18.4. The van der Waals surface area contributed by atoms with Crippen molar-refractivity contribution in [1.82, 2.24) is 10.2 Å². The Kier molecular flexibility index (Phi) is 5.30. The third-order valence-electron chi connectivity index (χ3n) is 4.55. The maximum Gasteiger partial charge on any atom is 0.269 e. The highest BCUT2D eigenvalue weighted by Crippen LogP contribution is 2.27. The molecule has 130 valence electrons. The monoisotopic (exact) mass is 333 g/mol. The van der Waals surface area contributed by atoms with E-state index in [2.05, 4.69) is 5.32 Å². The van der Waals surface area contributed by atoms with Gasteiger partial charge in [0.2, 0.25) is 5.91 Å². The van der Waals surface area contributed by atoms with E-state index in [1.54, 1.807) is 12.1 Å². The molecular weight excluding hydrogens is 310 g/mol. The van der Waals surface area contributed by atoms with E-state index in [0.29, 0.717) is 25.4 Å². The number of nitrogens with one attached hydrogen (secondary N) is 1. The van der Waals surface area contributed by atoms with Crippen LogP contribution in [0.4, 0.5) is 5.69 Å². The van der Waals surface area contributed by atoms with Crippen LogP contribution in [-0.2, 0) is 4.79 Å². The number of carbonyl (C=O) groups excluding carboxylic acids is 1. The number of nitro benzene ring substituents is 1. The summed E-state index contributed by atoms with van der Waals surface area (Å²) in [5.41, 5.74) is 0.0569. The number of ether oxygens (including phenoxy) is 1. The van der Waals surface area contributed by atoms with E-state index < -0.39 is 4.92 Å². The van der Waals surface area contributed by atoms with E-state index >= 15 is 0 Å². The van der Waals surface area contributed by atoms with Crippen LogP contribution in [-0.4, -0.2) is 48.0 Å². The lowest BCUT2D eigenvalue weighted by Gasteiger charge is -2.32. The summed E-state index contributed by atoms with van der Waals surface area (Å²) in [6, 6.07) is 6.13. The Bertz CT molecular complexity index is 578. The van der Waals surface area contributed by atoms with Crippen molar-refractivity contribution >= 4 is 11.6 Å². The molecule has 0 unspecified atom stereocenters. The van der Waals surface area contributed by atoms with Crippen LogP contribution in [0.15, 0.2) is 24.3 Å². The van der Waals surface area contributed by atoms with Crippen LogP contribution in [0.2, 0.25) is 0 Å². The molecule has 1 aromatic rings. The first-order valence-corrected chi connectivity index (χ1v) is 8.51. The topological polar surface area (TPSA) is 84.7 Å². The van der Waals surface area contributed by atoms with Crippen molar-refractivity contribution in [1.29, 1.82) is 0 Å². The fraction of sp³-hybridized carbons (Fsp3) is 0.588. The number of likely N-dealkylation sites (tertiary alicyclic amines) is 1. The summed E-state index contributed by atoms with van der Waals surface area (Å²) in [5, 5.41) is 13.9. The number of carbonyl (C=O) groups is 1. The molecule has 0 radical (unpaired) electrons. The first-order valence-electron chi connectivity index (χ1n) is 8.51. The number of rotatable bonds is 7. The molecule has 7 heteroatoms. The van der Waals surface area contributed by atoms with Gasteiger partial charge in [-0.15, -0.1) is 0 Å². The number of nitro groups is 1. The summed E-state index contributed by atoms with van der Waals surface area (Å²) < 4.78 is 5.86. The molecule has 1 amide bonds. The summed E-state index contributed by atoms with van der Waals surface area (Å²) in [6.45, 7) is 2.76. The molecule has 7 nitrogen and oxygen atoms in total. The van der Waals surface area contributed by atoms with Gasteiger partial charge in [-0.2, -0.15) is 0 Å². The van der Waals surface area contributed by atoms with Crippen molar-refractivity contribution in [3.05, 3.63) is 34.4 Å². The SMILES string of the molecule is O=C(CNCC1CC1)N1CCC(Oc2ccc([N+](=O)[O-])cc2)CC1. The van der Waals surface area contributed by atoms with Crippen LogP contribution in [0.1, 0.15) is 25.7 Å². The van der Waals surface area contributed by atoms with E-state index in [1.807, 2.05) is 4.90 Å². The Morgan fingerprint density at radius 2 is 1.88 bits per heavy atom. The van der Waals surface area contributed by atoms with Crippen LogP contribution in [0.5, 0.6) is 5.75 Å². The number of benzene rings is 1. The second-order valence-electron chi connectivity index (χ2n) is 6.52. The summed E-state index contributed by atoms with van der Waals surface area (Å²) in [7, 11) is 0. The maximum absolute atomic E-state index is 12.1. The predicted molar refractivity (Wildman–Crippen MR) is 88.9 cm³/mol. The average Bonchev–Trinajstić information content (AvgIpc) is 3.40. The van der Waals surface area contributed by atoms with Crippen LogP contribution < -0.4 is 10.1 Å². The average molecular weight is 333 g/mol. The van der Waals surface area contributed by atoms with Crippen molar-refractivity contribution in [3.8, 4) is 5.75 Å². The van der Waals surface area contributed by atoms with Gasteiger partial charge in [0.25, 0.3) is 5.69 Å². The van der Waals surface area contributed by atoms with E-state index in [4.69, 9.17) is 4.74 Å². The number of hydrogen-bond donors (Lipinski definition) is 1. The lowest BCUT2D eigenvalue weighted by molar-refractivity contribution is -0.384. The van der Waals surface area contributed by atoms with Gasteiger partial charge in [0.05, 0.1) is 11.5 Å².